The van der Waals surface area contributed by atoms with Crippen LogP contribution in [0.1, 0.15) is 37.9 Å². The second-order valence-corrected chi connectivity index (χ2v) is 7.00. The Balaban J connectivity index is 1.72. The fourth-order valence-corrected chi connectivity index (χ4v) is 4.03. The van der Waals surface area contributed by atoms with Gasteiger partial charge in [-0.2, -0.15) is 0 Å². The van der Waals surface area contributed by atoms with E-state index in [-0.39, 0.29) is 12.5 Å². The number of hydrogen-bond acceptors (Lipinski definition) is 6. The van der Waals surface area contributed by atoms with Crippen LogP contribution in [0, 0.1) is 20.8 Å². The number of carbonyl (C=O) groups is 2. The van der Waals surface area contributed by atoms with Crippen molar-refractivity contribution in [2.75, 3.05) is 0 Å². The molecule has 3 aromatic rings. The van der Waals surface area contributed by atoms with Gasteiger partial charge < -0.3 is 10.1 Å². The molecule has 0 atom stereocenters. The van der Waals surface area contributed by atoms with Crippen LogP contribution in [0.25, 0.3) is 10.2 Å². The van der Waals surface area contributed by atoms with Gasteiger partial charge in [-0.1, -0.05) is 24.3 Å². The van der Waals surface area contributed by atoms with Gasteiger partial charge in [-0.3, -0.25) is 9.59 Å². The molecule has 0 spiro atoms. The van der Waals surface area contributed by atoms with E-state index >= 15 is 0 Å². The molecular formula is C19H19N3O3S. The fourth-order valence-electron chi connectivity index (χ4n) is 2.84. The van der Waals surface area contributed by atoms with E-state index < -0.39 is 0 Å². The molecule has 0 bridgehead atoms. The lowest BCUT2D eigenvalue weighted by Gasteiger charge is -2.06. The van der Waals surface area contributed by atoms with Crippen molar-refractivity contribution in [3.05, 3.63) is 57.4 Å². The quantitative estimate of drug-likeness (QED) is 0.675. The SMILES string of the molecule is Cc1nc(C)c2c(C)c(C(=O)NCc3ccc(COC=O)cc3)sc2n1. The molecule has 0 saturated heterocycles. The summed E-state index contributed by atoms with van der Waals surface area (Å²) in [7, 11) is 0. The lowest BCUT2D eigenvalue weighted by atomic mass is 10.1. The number of carbonyl (C=O) groups excluding carboxylic acids is 2. The highest BCUT2D eigenvalue weighted by molar-refractivity contribution is 7.20. The van der Waals surface area contributed by atoms with Crippen LogP contribution in [0.3, 0.4) is 0 Å². The summed E-state index contributed by atoms with van der Waals surface area (Å²) in [5, 5.41) is 3.91. The smallest absolute Gasteiger partial charge is 0.293 e. The average Bonchev–Trinajstić information content (AvgIpc) is 2.95. The fraction of sp³-hybridized carbons (Fsp3) is 0.263. The Kier molecular flexibility index (Phi) is 5.27. The maximum atomic E-state index is 12.6. The number of benzene rings is 1. The first kappa shape index (κ1) is 18.0. The molecule has 3 rings (SSSR count). The second-order valence-electron chi connectivity index (χ2n) is 6.00. The molecule has 0 radical (unpaired) electrons. The summed E-state index contributed by atoms with van der Waals surface area (Å²) in [5.41, 5.74) is 3.69. The molecule has 7 heteroatoms. The molecule has 1 N–H and O–H groups in total. The highest BCUT2D eigenvalue weighted by Crippen LogP contribution is 2.31. The largest absolute Gasteiger partial charge is 0.463 e. The van der Waals surface area contributed by atoms with Crippen LogP contribution in [-0.2, 0) is 22.7 Å². The minimum Gasteiger partial charge on any atom is -0.463 e. The maximum absolute atomic E-state index is 12.6. The summed E-state index contributed by atoms with van der Waals surface area (Å²) in [6.45, 7) is 6.82. The van der Waals surface area contributed by atoms with Gasteiger partial charge in [-0.15, -0.1) is 11.3 Å². The molecule has 0 saturated carbocycles. The molecule has 6 nitrogen and oxygen atoms in total. The number of rotatable bonds is 6. The highest BCUT2D eigenvalue weighted by atomic mass is 32.1. The minimum atomic E-state index is -0.115. The van der Waals surface area contributed by atoms with Crippen molar-refractivity contribution in [2.45, 2.75) is 33.9 Å². The van der Waals surface area contributed by atoms with E-state index in [1.165, 1.54) is 11.3 Å². The van der Waals surface area contributed by atoms with E-state index in [2.05, 4.69) is 15.3 Å². The number of nitrogens with one attached hydrogen (secondary N) is 1. The third kappa shape index (κ3) is 3.72. The van der Waals surface area contributed by atoms with Gasteiger partial charge in [0.25, 0.3) is 12.4 Å². The zero-order valence-corrected chi connectivity index (χ0v) is 15.6. The summed E-state index contributed by atoms with van der Waals surface area (Å²) < 4.78 is 4.72. The molecule has 26 heavy (non-hydrogen) atoms. The average molecular weight is 369 g/mol. The Labute approximate surface area is 155 Å². The summed E-state index contributed by atoms with van der Waals surface area (Å²) in [5.74, 6) is 0.595. The molecule has 2 aromatic heterocycles. The summed E-state index contributed by atoms with van der Waals surface area (Å²) in [6, 6.07) is 7.55. The monoisotopic (exact) mass is 369 g/mol. The van der Waals surface area contributed by atoms with E-state index in [9.17, 15) is 9.59 Å². The molecule has 0 aliphatic carbocycles. The Bertz CT molecular complexity index is 964. The third-order valence-corrected chi connectivity index (χ3v) is 5.27. The van der Waals surface area contributed by atoms with Crippen molar-refractivity contribution in [3.8, 4) is 0 Å². The first-order chi connectivity index (χ1) is 12.5. The first-order valence-corrected chi connectivity index (χ1v) is 8.97. The number of aryl methyl sites for hydroxylation is 3. The van der Waals surface area contributed by atoms with Crippen molar-refractivity contribution >= 4 is 33.9 Å². The number of fused-ring (bicyclic) bond motifs is 1. The Morgan fingerprint density at radius 2 is 1.85 bits per heavy atom. The maximum Gasteiger partial charge on any atom is 0.293 e. The van der Waals surface area contributed by atoms with Crippen molar-refractivity contribution < 1.29 is 14.3 Å². The summed E-state index contributed by atoms with van der Waals surface area (Å²) in [4.78, 5) is 33.2. The molecule has 134 valence electrons. The topological polar surface area (TPSA) is 81.2 Å². The van der Waals surface area contributed by atoms with Gasteiger partial charge in [-0.05, 0) is 37.5 Å². The number of amides is 1. The van der Waals surface area contributed by atoms with Crippen LogP contribution < -0.4 is 5.32 Å². The van der Waals surface area contributed by atoms with Crippen LogP contribution in [0.4, 0.5) is 0 Å². The number of thiophene rings is 1. The molecule has 0 aliphatic rings. The molecule has 1 amide bonds. The van der Waals surface area contributed by atoms with Gasteiger partial charge >= 0.3 is 0 Å². The lowest BCUT2D eigenvalue weighted by Crippen LogP contribution is -2.22. The van der Waals surface area contributed by atoms with Crippen LogP contribution in [0.15, 0.2) is 24.3 Å². The number of nitrogens with zero attached hydrogens (tertiary/aromatic N) is 2. The third-order valence-electron chi connectivity index (χ3n) is 4.08. The van der Waals surface area contributed by atoms with E-state index in [4.69, 9.17) is 4.74 Å². The van der Waals surface area contributed by atoms with Crippen LogP contribution in [-0.4, -0.2) is 22.3 Å². The van der Waals surface area contributed by atoms with Gasteiger partial charge in [0, 0.05) is 17.6 Å². The predicted octanol–water partition coefficient (Wildman–Crippen LogP) is 3.22. The van der Waals surface area contributed by atoms with E-state index in [0.29, 0.717) is 23.7 Å². The van der Waals surface area contributed by atoms with Crippen molar-refractivity contribution in [3.63, 3.8) is 0 Å². The minimum absolute atomic E-state index is 0.115. The lowest BCUT2D eigenvalue weighted by molar-refractivity contribution is -0.129. The van der Waals surface area contributed by atoms with Crippen LogP contribution >= 0.6 is 11.3 Å². The van der Waals surface area contributed by atoms with Gasteiger partial charge in [0.05, 0.1) is 4.88 Å². The Morgan fingerprint density at radius 1 is 1.15 bits per heavy atom. The van der Waals surface area contributed by atoms with E-state index in [0.717, 1.165) is 32.6 Å². The van der Waals surface area contributed by atoms with Gasteiger partial charge in [-0.25, -0.2) is 9.97 Å². The molecule has 1 aromatic carbocycles. The molecule has 0 fully saturated rings. The zero-order chi connectivity index (χ0) is 18.7. The number of hydrogen-bond donors (Lipinski definition) is 1. The number of aromatic nitrogens is 2. The normalized spacial score (nSPS) is 10.7. The molecule has 0 aliphatic heterocycles. The molecular weight excluding hydrogens is 350 g/mol. The van der Waals surface area contributed by atoms with E-state index in [1.54, 1.807) is 0 Å². The molecule has 2 heterocycles. The summed E-state index contributed by atoms with van der Waals surface area (Å²) in [6.07, 6.45) is 0. The van der Waals surface area contributed by atoms with Crippen LogP contribution in [0.5, 0.6) is 0 Å². The van der Waals surface area contributed by atoms with Gasteiger partial charge in [0.15, 0.2) is 0 Å². The van der Waals surface area contributed by atoms with Crippen molar-refractivity contribution in [2.24, 2.45) is 0 Å². The van der Waals surface area contributed by atoms with E-state index in [1.807, 2.05) is 45.0 Å². The zero-order valence-electron chi connectivity index (χ0n) is 14.8. The van der Waals surface area contributed by atoms with Gasteiger partial charge in [0.2, 0.25) is 0 Å². The highest BCUT2D eigenvalue weighted by Gasteiger charge is 2.18. The summed E-state index contributed by atoms with van der Waals surface area (Å²) >= 11 is 1.39. The standard InChI is InChI=1S/C19H19N3O3S/c1-11-16-12(2)21-13(3)22-19(16)26-17(11)18(24)20-8-14-4-6-15(7-5-14)9-25-10-23/h4-7,10H,8-9H2,1-3H3,(H,20,24). The number of ether oxygens (including phenoxy) is 1. The van der Waals surface area contributed by atoms with Crippen molar-refractivity contribution in [1.29, 1.82) is 0 Å². The second kappa shape index (κ2) is 7.61. The first-order valence-electron chi connectivity index (χ1n) is 8.15. The predicted molar refractivity (Wildman–Crippen MR) is 100 cm³/mol. The van der Waals surface area contributed by atoms with Gasteiger partial charge in [0.1, 0.15) is 17.3 Å². The Hall–Kier alpha value is -2.80. The van der Waals surface area contributed by atoms with Crippen molar-refractivity contribution in [1.82, 2.24) is 15.3 Å². The Morgan fingerprint density at radius 3 is 2.54 bits per heavy atom. The van der Waals surface area contributed by atoms with Crippen LogP contribution in [0.2, 0.25) is 0 Å². The molecule has 0 unspecified atom stereocenters.